The summed E-state index contributed by atoms with van der Waals surface area (Å²) in [5, 5.41) is 5.98. The molecule has 0 radical (unpaired) electrons. The number of ether oxygens (including phenoxy) is 3. The number of anilines is 1. The van der Waals surface area contributed by atoms with Crippen LogP contribution in [0, 0.1) is 6.92 Å². The van der Waals surface area contributed by atoms with Gasteiger partial charge in [-0.3, -0.25) is 19.0 Å². The molecule has 1 atom stereocenters. The lowest BCUT2D eigenvalue weighted by Crippen LogP contribution is -2.40. The van der Waals surface area contributed by atoms with E-state index in [9.17, 15) is 19.2 Å². The third-order valence-corrected chi connectivity index (χ3v) is 7.45. The molecule has 0 bridgehead atoms. The predicted molar refractivity (Wildman–Crippen MR) is 162 cm³/mol. The molecule has 0 aliphatic carbocycles. The fourth-order valence-corrected chi connectivity index (χ4v) is 5.23. The van der Waals surface area contributed by atoms with E-state index >= 15 is 0 Å². The maximum Gasteiger partial charge on any atom is 0.336 e. The number of carbonyl (C=O) groups is 2. The quantitative estimate of drug-likeness (QED) is 0.292. The summed E-state index contributed by atoms with van der Waals surface area (Å²) in [6, 6.07) is 16.7. The number of carbonyl (C=O) groups excluding carboxylic acids is 2. The summed E-state index contributed by atoms with van der Waals surface area (Å²) < 4.78 is 18.6. The number of para-hydroxylation sites is 1. The molecule has 3 aromatic carbocycles. The Morgan fingerprint density at radius 3 is 2.42 bits per heavy atom. The minimum atomic E-state index is -0.668. The van der Waals surface area contributed by atoms with Gasteiger partial charge in [-0.2, -0.15) is 0 Å². The van der Waals surface area contributed by atoms with E-state index in [1.54, 1.807) is 67.8 Å². The van der Waals surface area contributed by atoms with Crippen LogP contribution in [0.5, 0.6) is 11.5 Å². The van der Waals surface area contributed by atoms with Crippen LogP contribution in [-0.4, -0.2) is 54.4 Å². The zero-order chi connectivity index (χ0) is 30.5. The van der Waals surface area contributed by atoms with Gasteiger partial charge in [-0.25, -0.2) is 9.36 Å². The van der Waals surface area contributed by atoms with E-state index in [4.69, 9.17) is 14.2 Å². The average Bonchev–Trinajstić information content (AvgIpc) is 3.53. The highest BCUT2D eigenvalue weighted by atomic mass is 16.5. The lowest BCUT2D eigenvalue weighted by molar-refractivity contribution is -0.121. The number of amides is 2. The van der Waals surface area contributed by atoms with Gasteiger partial charge < -0.3 is 24.8 Å². The fourth-order valence-electron chi connectivity index (χ4n) is 5.23. The van der Waals surface area contributed by atoms with Gasteiger partial charge in [0, 0.05) is 19.2 Å². The Morgan fingerprint density at radius 1 is 0.977 bits per heavy atom. The summed E-state index contributed by atoms with van der Waals surface area (Å²) in [6.45, 7) is 2.68. The van der Waals surface area contributed by atoms with Crippen LogP contribution in [0.3, 0.4) is 0 Å². The van der Waals surface area contributed by atoms with Gasteiger partial charge in [-0.1, -0.05) is 24.3 Å². The van der Waals surface area contributed by atoms with Crippen LogP contribution < -0.4 is 31.4 Å². The third kappa shape index (κ3) is 6.46. The Labute approximate surface area is 248 Å². The minimum absolute atomic E-state index is 0.0534. The molecule has 2 N–H and O–H groups in total. The van der Waals surface area contributed by atoms with Crippen molar-refractivity contribution < 1.29 is 23.8 Å². The molecular weight excluding hydrogens is 552 g/mol. The Morgan fingerprint density at radius 2 is 1.72 bits per heavy atom. The zero-order valence-electron chi connectivity index (χ0n) is 24.3. The third-order valence-electron chi connectivity index (χ3n) is 7.45. The molecule has 5 rings (SSSR count). The number of aryl methyl sites for hydroxylation is 1. The second-order valence-corrected chi connectivity index (χ2v) is 10.4. The van der Waals surface area contributed by atoms with E-state index in [0.29, 0.717) is 34.9 Å². The smallest absolute Gasteiger partial charge is 0.336 e. The Hall–Kier alpha value is -4.90. The van der Waals surface area contributed by atoms with E-state index in [-0.39, 0.29) is 30.4 Å². The largest absolute Gasteiger partial charge is 0.496 e. The van der Waals surface area contributed by atoms with Gasteiger partial charge >= 0.3 is 5.69 Å². The van der Waals surface area contributed by atoms with Crippen molar-refractivity contribution >= 4 is 28.4 Å². The van der Waals surface area contributed by atoms with E-state index in [1.165, 1.54) is 11.7 Å². The molecule has 1 aliphatic rings. The molecule has 2 amide bonds. The van der Waals surface area contributed by atoms with Crippen molar-refractivity contribution in [1.82, 2.24) is 14.5 Å². The van der Waals surface area contributed by atoms with Crippen molar-refractivity contribution in [2.45, 2.75) is 38.8 Å². The van der Waals surface area contributed by atoms with Gasteiger partial charge in [0.1, 0.15) is 18.0 Å². The molecule has 43 heavy (non-hydrogen) atoms. The molecule has 1 aliphatic heterocycles. The van der Waals surface area contributed by atoms with Crippen LogP contribution in [-0.2, 0) is 27.3 Å². The number of methoxy groups -OCH3 is 2. The van der Waals surface area contributed by atoms with Crippen molar-refractivity contribution in [2.75, 3.05) is 32.7 Å². The van der Waals surface area contributed by atoms with Crippen molar-refractivity contribution in [3.05, 3.63) is 92.6 Å². The monoisotopic (exact) mass is 586 g/mol. The number of rotatable bonds is 10. The van der Waals surface area contributed by atoms with Crippen molar-refractivity contribution in [2.24, 2.45) is 0 Å². The lowest BCUT2D eigenvalue weighted by Gasteiger charge is -2.16. The van der Waals surface area contributed by atoms with Crippen LogP contribution in [0.4, 0.5) is 5.69 Å². The number of nitrogens with zero attached hydrogens (tertiary/aromatic N) is 2. The van der Waals surface area contributed by atoms with Crippen LogP contribution in [0.15, 0.2) is 70.3 Å². The number of benzene rings is 3. The summed E-state index contributed by atoms with van der Waals surface area (Å²) in [6.07, 6.45) is 2.14. The van der Waals surface area contributed by atoms with Gasteiger partial charge in [0.15, 0.2) is 0 Å². The second-order valence-electron chi connectivity index (χ2n) is 10.4. The SMILES string of the molecule is COc1cc(OC)c(NC(=O)Cn2c(=O)n(-c3ccc(CC(=O)NCC4CCCO4)cc3)c(=O)c3ccccc32)cc1C. The van der Waals surface area contributed by atoms with E-state index < -0.39 is 17.2 Å². The molecule has 224 valence electrons. The first kappa shape index (κ1) is 29.6. The van der Waals surface area contributed by atoms with Gasteiger partial charge in [0.05, 0.1) is 49.0 Å². The molecule has 1 fully saturated rings. The zero-order valence-corrected chi connectivity index (χ0v) is 24.3. The van der Waals surface area contributed by atoms with Crippen LogP contribution in [0.2, 0.25) is 0 Å². The molecule has 4 aromatic rings. The second kappa shape index (κ2) is 13.0. The van der Waals surface area contributed by atoms with Gasteiger partial charge in [0.25, 0.3) is 5.56 Å². The lowest BCUT2D eigenvalue weighted by atomic mass is 10.1. The van der Waals surface area contributed by atoms with Crippen molar-refractivity contribution in [3.63, 3.8) is 0 Å². The first-order chi connectivity index (χ1) is 20.8. The highest BCUT2D eigenvalue weighted by Crippen LogP contribution is 2.32. The first-order valence-electron chi connectivity index (χ1n) is 14.0. The summed E-state index contributed by atoms with van der Waals surface area (Å²) in [4.78, 5) is 52.9. The number of hydrogen-bond donors (Lipinski definition) is 2. The molecule has 2 heterocycles. The number of aromatic nitrogens is 2. The van der Waals surface area contributed by atoms with E-state index in [0.717, 1.165) is 35.1 Å². The van der Waals surface area contributed by atoms with Crippen LogP contribution in [0.1, 0.15) is 24.0 Å². The summed E-state index contributed by atoms with van der Waals surface area (Å²) >= 11 is 0. The molecule has 0 spiro atoms. The molecule has 1 unspecified atom stereocenters. The van der Waals surface area contributed by atoms with Crippen molar-refractivity contribution in [3.8, 4) is 17.2 Å². The Bertz CT molecular complexity index is 1770. The molecule has 0 saturated carbocycles. The Kier molecular flexibility index (Phi) is 8.91. The number of nitrogens with one attached hydrogen (secondary N) is 2. The van der Waals surface area contributed by atoms with Crippen molar-refractivity contribution in [1.29, 1.82) is 0 Å². The highest BCUT2D eigenvalue weighted by molar-refractivity contribution is 5.93. The maximum atomic E-state index is 13.8. The molecular formula is C32H34N4O7. The fraction of sp³-hybridized carbons (Fsp3) is 0.312. The van der Waals surface area contributed by atoms with Gasteiger partial charge in [-0.15, -0.1) is 0 Å². The number of fused-ring (bicyclic) bond motifs is 1. The topological polar surface area (TPSA) is 130 Å². The number of hydrogen-bond acceptors (Lipinski definition) is 7. The van der Waals surface area contributed by atoms with Crippen LogP contribution >= 0.6 is 0 Å². The first-order valence-corrected chi connectivity index (χ1v) is 14.0. The molecule has 1 aromatic heterocycles. The minimum Gasteiger partial charge on any atom is -0.496 e. The molecule has 11 nitrogen and oxygen atoms in total. The highest BCUT2D eigenvalue weighted by Gasteiger charge is 2.19. The van der Waals surface area contributed by atoms with Gasteiger partial charge in [-0.05, 0) is 61.2 Å². The van der Waals surface area contributed by atoms with Gasteiger partial charge in [0.2, 0.25) is 11.8 Å². The summed E-state index contributed by atoms with van der Waals surface area (Å²) in [5.74, 6) is 0.390. The van der Waals surface area contributed by atoms with E-state index in [1.807, 2.05) is 6.92 Å². The summed E-state index contributed by atoms with van der Waals surface area (Å²) in [7, 11) is 3.03. The summed E-state index contributed by atoms with van der Waals surface area (Å²) in [5.41, 5.74) is 1.42. The van der Waals surface area contributed by atoms with E-state index in [2.05, 4.69) is 10.6 Å². The average molecular weight is 587 g/mol. The Balaban J connectivity index is 1.41. The normalized spacial score (nSPS) is 14.4. The standard InChI is InChI=1S/C32H34N4O7/c1-20-15-25(28(42-3)17-27(20)41-2)34-30(38)19-35-26-9-5-4-8-24(26)31(39)36(32(35)40)22-12-10-21(11-13-22)16-29(37)33-18-23-7-6-14-43-23/h4-5,8-13,15,17,23H,6-7,14,16,18-19H2,1-3H3,(H,33,37)(H,34,38). The molecule has 11 heteroatoms. The van der Waals surface area contributed by atoms with Crippen LogP contribution in [0.25, 0.3) is 16.6 Å². The predicted octanol–water partition coefficient (Wildman–Crippen LogP) is 2.95. The maximum absolute atomic E-state index is 13.8. The molecule has 1 saturated heterocycles.